The number of aliphatic hydroxyl groups is 1. The summed E-state index contributed by atoms with van der Waals surface area (Å²) in [4.78, 5) is 14.4. The summed E-state index contributed by atoms with van der Waals surface area (Å²) in [7, 11) is 0. The molecule has 5 heteroatoms. The van der Waals surface area contributed by atoms with Crippen LogP contribution in [0.4, 0.5) is 4.79 Å². The van der Waals surface area contributed by atoms with E-state index < -0.39 is 0 Å². The van der Waals surface area contributed by atoms with Gasteiger partial charge in [0.05, 0.1) is 0 Å². The molecular formula is C20H33N3O2. The molecule has 1 aliphatic heterocycles. The fraction of sp³-hybridized carbons (Fsp3) is 0.650. The van der Waals surface area contributed by atoms with E-state index in [1.165, 1.54) is 31.5 Å². The van der Waals surface area contributed by atoms with Crippen LogP contribution < -0.4 is 10.6 Å². The Bertz CT molecular complexity index is 532. The largest absolute Gasteiger partial charge is 0.396 e. The van der Waals surface area contributed by atoms with Gasteiger partial charge in [-0.25, -0.2) is 4.79 Å². The van der Waals surface area contributed by atoms with Gasteiger partial charge in [-0.15, -0.1) is 0 Å². The van der Waals surface area contributed by atoms with Crippen LogP contribution in [-0.4, -0.2) is 41.8 Å². The number of amides is 2. The number of carbonyl (C=O) groups excluding carboxylic acids is 1. The molecule has 0 radical (unpaired) electrons. The second-order valence-corrected chi connectivity index (χ2v) is 7.57. The second-order valence-electron chi connectivity index (χ2n) is 7.57. The van der Waals surface area contributed by atoms with Gasteiger partial charge in [-0.2, -0.15) is 0 Å². The van der Waals surface area contributed by atoms with Crippen molar-refractivity contribution in [3.8, 4) is 0 Å². The van der Waals surface area contributed by atoms with E-state index in [1.54, 1.807) is 0 Å². The van der Waals surface area contributed by atoms with Gasteiger partial charge in [0.1, 0.15) is 0 Å². The van der Waals surface area contributed by atoms with E-state index in [0.717, 1.165) is 18.0 Å². The van der Waals surface area contributed by atoms with Crippen molar-refractivity contribution < 1.29 is 9.90 Å². The third-order valence-corrected chi connectivity index (χ3v) is 5.12. The maximum absolute atomic E-state index is 11.9. The van der Waals surface area contributed by atoms with Crippen molar-refractivity contribution in [1.82, 2.24) is 15.5 Å². The number of benzene rings is 1. The lowest BCUT2D eigenvalue weighted by Crippen LogP contribution is -2.43. The number of carbonyl (C=O) groups is 1. The molecule has 3 atom stereocenters. The number of nitrogens with zero attached hydrogens (tertiary/aromatic N) is 1. The maximum atomic E-state index is 11.9. The van der Waals surface area contributed by atoms with Gasteiger partial charge in [-0.05, 0) is 49.3 Å². The zero-order chi connectivity index (χ0) is 18.2. The molecule has 1 aliphatic rings. The van der Waals surface area contributed by atoms with Crippen LogP contribution in [0.3, 0.4) is 0 Å². The first-order valence-corrected chi connectivity index (χ1v) is 9.43. The van der Waals surface area contributed by atoms with E-state index in [1.807, 2.05) is 13.8 Å². The number of aliphatic hydroxyl groups excluding tert-OH is 1. The van der Waals surface area contributed by atoms with Crippen molar-refractivity contribution in [2.45, 2.75) is 52.7 Å². The van der Waals surface area contributed by atoms with Crippen LogP contribution in [-0.2, 0) is 13.1 Å². The Balaban J connectivity index is 1.75. The average molecular weight is 348 g/mol. The standard InChI is InChI=1S/C20H33N3O2/c1-15-5-4-10-23(12-15)13-19-8-6-18(7-9-19)11-21-20(25)22-17(3)16(2)14-24/h6-9,15-17,24H,4-5,10-14H2,1-3H3,(H2,21,22,25). The second kappa shape index (κ2) is 9.78. The van der Waals surface area contributed by atoms with Crippen LogP contribution in [0.5, 0.6) is 0 Å². The number of urea groups is 1. The number of nitrogens with one attached hydrogen (secondary N) is 2. The first-order chi connectivity index (χ1) is 12.0. The molecule has 1 heterocycles. The molecule has 5 nitrogen and oxygen atoms in total. The van der Waals surface area contributed by atoms with E-state index in [9.17, 15) is 4.79 Å². The van der Waals surface area contributed by atoms with Crippen LogP contribution in [0.15, 0.2) is 24.3 Å². The molecular weight excluding hydrogens is 314 g/mol. The maximum Gasteiger partial charge on any atom is 0.315 e. The molecule has 1 aromatic rings. The summed E-state index contributed by atoms with van der Waals surface area (Å²) < 4.78 is 0. The average Bonchev–Trinajstić information content (AvgIpc) is 2.60. The third kappa shape index (κ3) is 6.67. The lowest BCUT2D eigenvalue weighted by Gasteiger charge is -2.30. The number of likely N-dealkylation sites (tertiary alicyclic amines) is 1. The van der Waals surface area contributed by atoms with Crippen LogP contribution in [0.25, 0.3) is 0 Å². The summed E-state index contributed by atoms with van der Waals surface area (Å²) in [5.74, 6) is 0.842. The molecule has 2 amide bonds. The normalized spacial score (nSPS) is 20.7. The van der Waals surface area contributed by atoms with Gasteiger partial charge in [0.25, 0.3) is 0 Å². The first-order valence-electron chi connectivity index (χ1n) is 9.43. The van der Waals surface area contributed by atoms with Gasteiger partial charge in [0.2, 0.25) is 0 Å². The Kier molecular flexibility index (Phi) is 7.72. The molecule has 0 bridgehead atoms. The van der Waals surface area contributed by atoms with Crippen LogP contribution >= 0.6 is 0 Å². The quantitative estimate of drug-likeness (QED) is 0.711. The van der Waals surface area contributed by atoms with E-state index >= 15 is 0 Å². The Morgan fingerprint density at radius 3 is 2.60 bits per heavy atom. The summed E-state index contributed by atoms with van der Waals surface area (Å²) in [6.07, 6.45) is 2.64. The van der Waals surface area contributed by atoms with Crippen molar-refractivity contribution in [2.24, 2.45) is 11.8 Å². The molecule has 0 aromatic heterocycles. The lowest BCUT2D eigenvalue weighted by molar-refractivity contribution is 0.176. The lowest BCUT2D eigenvalue weighted by atomic mass is 9.99. The first kappa shape index (κ1) is 19.7. The minimum absolute atomic E-state index is 0.0440. The number of rotatable bonds is 7. The van der Waals surface area contributed by atoms with Crippen LogP contribution in [0, 0.1) is 11.8 Å². The molecule has 1 aromatic carbocycles. The highest BCUT2D eigenvalue weighted by atomic mass is 16.3. The Hall–Kier alpha value is -1.59. The smallest absolute Gasteiger partial charge is 0.315 e. The fourth-order valence-corrected chi connectivity index (χ4v) is 3.19. The van der Waals surface area contributed by atoms with E-state index in [2.05, 4.69) is 46.7 Å². The zero-order valence-corrected chi connectivity index (χ0v) is 15.8. The van der Waals surface area contributed by atoms with Gasteiger partial charge < -0.3 is 15.7 Å². The summed E-state index contributed by atoms with van der Waals surface area (Å²) >= 11 is 0. The minimum Gasteiger partial charge on any atom is -0.396 e. The highest BCUT2D eigenvalue weighted by molar-refractivity contribution is 5.74. The van der Waals surface area contributed by atoms with Crippen molar-refractivity contribution in [1.29, 1.82) is 0 Å². The predicted molar refractivity (Wildman–Crippen MR) is 101 cm³/mol. The van der Waals surface area contributed by atoms with E-state index in [0.29, 0.717) is 6.54 Å². The van der Waals surface area contributed by atoms with E-state index in [4.69, 9.17) is 5.11 Å². The number of hydrogen-bond donors (Lipinski definition) is 3. The van der Waals surface area contributed by atoms with Crippen LogP contribution in [0.1, 0.15) is 44.7 Å². The summed E-state index contributed by atoms with van der Waals surface area (Å²) in [6, 6.07) is 8.24. The molecule has 25 heavy (non-hydrogen) atoms. The molecule has 0 saturated carbocycles. The summed E-state index contributed by atoms with van der Waals surface area (Å²) in [5, 5.41) is 14.8. The van der Waals surface area contributed by atoms with Gasteiger partial charge >= 0.3 is 6.03 Å². The Morgan fingerprint density at radius 1 is 1.28 bits per heavy atom. The topological polar surface area (TPSA) is 64.6 Å². The molecule has 0 aliphatic carbocycles. The van der Waals surface area contributed by atoms with Gasteiger partial charge in [-0.3, -0.25) is 4.90 Å². The van der Waals surface area contributed by atoms with Gasteiger partial charge in [0, 0.05) is 32.3 Å². The van der Waals surface area contributed by atoms with Gasteiger partial charge in [0.15, 0.2) is 0 Å². The monoisotopic (exact) mass is 347 g/mol. The van der Waals surface area contributed by atoms with Crippen molar-refractivity contribution in [2.75, 3.05) is 19.7 Å². The zero-order valence-electron chi connectivity index (χ0n) is 15.8. The SMILES string of the molecule is CC1CCCN(Cc2ccc(CNC(=O)NC(C)C(C)CO)cc2)C1. The van der Waals surface area contributed by atoms with Crippen molar-refractivity contribution >= 4 is 6.03 Å². The van der Waals surface area contributed by atoms with Crippen molar-refractivity contribution in [3.63, 3.8) is 0 Å². The Morgan fingerprint density at radius 2 is 1.96 bits per heavy atom. The predicted octanol–water partition coefficient (Wildman–Crippen LogP) is 2.73. The molecule has 1 saturated heterocycles. The third-order valence-electron chi connectivity index (χ3n) is 5.12. The highest BCUT2D eigenvalue weighted by Crippen LogP contribution is 2.18. The number of piperidine rings is 1. The number of hydrogen-bond acceptors (Lipinski definition) is 3. The Labute approximate surface area is 151 Å². The summed E-state index contributed by atoms with van der Waals surface area (Å²) in [6.45, 7) is 10.1. The highest BCUT2D eigenvalue weighted by Gasteiger charge is 2.16. The van der Waals surface area contributed by atoms with E-state index in [-0.39, 0.29) is 24.6 Å². The van der Waals surface area contributed by atoms with Crippen molar-refractivity contribution in [3.05, 3.63) is 35.4 Å². The molecule has 140 valence electrons. The summed E-state index contributed by atoms with van der Waals surface area (Å²) in [5.41, 5.74) is 2.42. The van der Waals surface area contributed by atoms with Crippen LogP contribution in [0.2, 0.25) is 0 Å². The molecule has 0 spiro atoms. The van der Waals surface area contributed by atoms with Gasteiger partial charge in [-0.1, -0.05) is 38.1 Å². The fourth-order valence-electron chi connectivity index (χ4n) is 3.19. The molecule has 3 unspecified atom stereocenters. The molecule has 3 N–H and O–H groups in total. The molecule has 2 rings (SSSR count). The molecule has 1 fully saturated rings. The minimum atomic E-state index is -0.195.